The van der Waals surface area contributed by atoms with Gasteiger partial charge in [-0.25, -0.2) is 21.8 Å². The molecule has 0 N–H and O–H groups in total. The molecule has 148 valence electrons. The quantitative estimate of drug-likeness (QED) is 0.739. The first-order valence-electron chi connectivity index (χ1n) is 7.95. The molecule has 1 aliphatic rings. The van der Waals surface area contributed by atoms with E-state index in [4.69, 9.17) is 0 Å². The maximum Gasteiger partial charge on any atom is 0.331 e. The van der Waals surface area contributed by atoms with Gasteiger partial charge in [0.1, 0.15) is 17.3 Å². The molecule has 0 radical (unpaired) electrons. The highest BCUT2D eigenvalue weighted by molar-refractivity contribution is 7.95. The van der Waals surface area contributed by atoms with Crippen molar-refractivity contribution in [3.05, 3.63) is 53.8 Å². The normalized spacial score (nSPS) is 15.0. The fourth-order valence-corrected chi connectivity index (χ4v) is 4.67. The smallest absolute Gasteiger partial charge is 0.309 e. The van der Waals surface area contributed by atoms with Crippen molar-refractivity contribution in [1.82, 2.24) is 4.90 Å². The number of para-hydroxylation sites is 1. The van der Waals surface area contributed by atoms with E-state index in [0.29, 0.717) is 19.0 Å². The van der Waals surface area contributed by atoms with Crippen LogP contribution in [0.25, 0.3) is 0 Å². The standard InChI is InChI=1S/C17H18F3N3O2S.ClH/c1-21(2)9-4-10-22-17-13(19)5-3-6-16(17)23(26(22,24)25)15-8-7-12(18)11-14(15)20;/h3,5-8,11H,4,9-10H2,1-2H3;1H. The molecular formula is C17H19ClF3N3O2S. The van der Waals surface area contributed by atoms with Crippen LogP contribution in [0.1, 0.15) is 6.42 Å². The molecule has 0 bridgehead atoms. The molecular weight excluding hydrogens is 403 g/mol. The van der Waals surface area contributed by atoms with Crippen LogP contribution >= 0.6 is 12.4 Å². The van der Waals surface area contributed by atoms with Gasteiger partial charge in [0.25, 0.3) is 0 Å². The minimum atomic E-state index is -4.25. The molecule has 5 nitrogen and oxygen atoms in total. The van der Waals surface area contributed by atoms with Crippen molar-refractivity contribution in [3.63, 3.8) is 0 Å². The molecule has 0 spiro atoms. The van der Waals surface area contributed by atoms with Gasteiger partial charge in [-0.1, -0.05) is 6.07 Å². The van der Waals surface area contributed by atoms with Crippen LogP contribution in [0.2, 0.25) is 0 Å². The number of nitrogens with zero attached hydrogens (tertiary/aromatic N) is 3. The predicted octanol–water partition coefficient (Wildman–Crippen LogP) is 3.68. The van der Waals surface area contributed by atoms with E-state index in [0.717, 1.165) is 26.8 Å². The molecule has 27 heavy (non-hydrogen) atoms. The van der Waals surface area contributed by atoms with Crippen molar-refractivity contribution in [2.75, 3.05) is 35.8 Å². The van der Waals surface area contributed by atoms with Gasteiger partial charge in [0.2, 0.25) is 0 Å². The molecule has 0 saturated heterocycles. The van der Waals surface area contributed by atoms with Gasteiger partial charge >= 0.3 is 10.2 Å². The molecule has 0 unspecified atom stereocenters. The molecule has 0 atom stereocenters. The minimum Gasteiger partial charge on any atom is -0.309 e. The summed E-state index contributed by atoms with van der Waals surface area (Å²) >= 11 is 0. The summed E-state index contributed by atoms with van der Waals surface area (Å²) in [5, 5.41) is 0. The third-order valence-electron chi connectivity index (χ3n) is 4.04. The molecule has 10 heteroatoms. The average molecular weight is 422 g/mol. The minimum absolute atomic E-state index is 0. The highest BCUT2D eigenvalue weighted by atomic mass is 35.5. The maximum atomic E-state index is 14.4. The van der Waals surface area contributed by atoms with Gasteiger partial charge in [0.15, 0.2) is 5.82 Å². The Kier molecular flexibility index (Phi) is 6.28. The van der Waals surface area contributed by atoms with Crippen molar-refractivity contribution < 1.29 is 21.6 Å². The number of anilines is 3. The van der Waals surface area contributed by atoms with Crippen LogP contribution < -0.4 is 8.61 Å². The van der Waals surface area contributed by atoms with Crippen molar-refractivity contribution in [1.29, 1.82) is 0 Å². The maximum absolute atomic E-state index is 14.4. The highest BCUT2D eigenvalue weighted by Crippen LogP contribution is 2.47. The Bertz CT molecular complexity index is 941. The molecule has 0 saturated carbocycles. The zero-order chi connectivity index (χ0) is 19.1. The first kappa shape index (κ1) is 21.3. The molecule has 0 aliphatic carbocycles. The monoisotopic (exact) mass is 421 g/mol. The van der Waals surface area contributed by atoms with Crippen LogP contribution in [0.15, 0.2) is 36.4 Å². The highest BCUT2D eigenvalue weighted by Gasteiger charge is 2.43. The third-order valence-corrected chi connectivity index (χ3v) is 5.81. The zero-order valence-electron chi connectivity index (χ0n) is 14.7. The van der Waals surface area contributed by atoms with E-state index in [1.54, 1.807) is 0 Å². The van der Waals surface area contributed by atoms with Crippen molar-refractivity contribution in [2.24, 2.45) is 0 Å². The van der Waals surface area contributed by atoms with E-state index in [1.165, 1.54) is 12.1 Å². The van der Waals surface area contributed by atoms with Crippen molar-refractivity contribution >= 4 is 39.7 Å². The lowest BCUT2D eigenvalue weighted by Crippen LogP contribution is -2.37. The van der Waals surface area contributed by atoms with Crippen molar-refractivity contribution in [2.45, 2.75) is 6.42 Å². The fourth-order valence-electron chi connectivity index (χ4n) is 2.91. The lowest BCUT2D eigenvalue weighted by atomic mass is 10.2. The van der Waals surface area contributed by atoms with Crippen LogP contribution in [0, 0.1) is 17.5 Å². The SMILES string of the molecule is CN(C)CCCN1c2c(F)cccc2N(c2ccc(F)cc2F)S1(=O)=O.Cl. The summed E-state index contributed by atoms with van der Waals surface area (Å²) < 4.78 is 69.6. The van der Waals surface area contributed by atoms with Gasteiger partial charge in [0.05, 0.1) is 11.4 Å². The summed E-state index contributed by atoms with van der Waals surface area (Å²) in [7, 11) is -0.569. The predicted molar refractivity (Wildman–Crippen MR) is 102 cm³/mol. The Morgan fingerprint density at radius 3 is 2.33 bits per heavy atom. The van der Waals surface area contributed by atoms with E-state index >= 15 is 0 Å². The average Bonchev–Trinajstić information content (AvgIpc) is 2.76. The Balaban J connectivity index is 0.00000261. The van der Waals surface area contributed by atoms with E-state index in [2.05, 4.69) is 0 Å². The van der Waals surface area contributed by atoms with Crippen molar-refractivity contribution in [3.8, 4) is 0 Å². The third kappa shape index (κ3) is 3.85. The Labute approximate surface area is 162 Å². The van der Waals surface area contributed by atoms with Crippen LogP contribution in [0.4, 0.5) is 30.2 Å². The van der Waals surface area contributed by atoms with E-state index in [9.17, 15) is 21.6 Å². The number of halogens is 4. The first-order chi connectivity index (χ1) is 12.2. The fraction of sp³-hybridized carbons (Fsp3) is 0.294. The molecule has 2 aromatic carbocycles. The molecule has 1 heterocycles. The summed E-state index contributed by atoms with van der Waals surface area (Å²) in [4.78, 5) is 1.88. The number of hydrogen-bond acceptors (Lipinski definition) is 3. The summed E-state index contributed by atoms with van der Waals surface area (Å²) in [5.74, 6) is -2.59. The second kappa shape index (κ2) is 7.95. The summed E-state index contributed by atoms with van der Waals surface area (Å²) in [5.41, 5.74) is -0.483. The number of rotatable bonds is 5. The van der Waals surface area contributed by atoms with Crippen LogP contribution in [-0.4, -0.2) is 40.5 Å². The summed E-state index contributed by atoms with van der Waals surface area (Å²) in [6.07, 6.45) is 0.458. The van der Waals surface area contributed by atoms with Crippen LogP contribution in [-0.2, 0) is 10.2 Å². The Morgan fingerprint density at radius 2 is 1.70 bits per heavy atom. The van der Waals surface area contributed by atoms with Gasteiger partial charge in [-0.3, -0.25) is 0 Å². The van der Waals surface area contributed by atoms with Gasteiger partial charge < -0.3 is 4.90 Å². The lowest BCUT2D eigenvalue weighted by Gasteiger charge is -2.22. The molecule has 3 rings (SSSR count). The molecule has 1 aliphatic heterocycles. The number of benzene rings is 2. The van der Waals surface area contributed by atoms with E-state index < -0.39 is 27.7 Å². The topological polar surface area (TPSA) is 43.9 Å². The number of fused-ring (bicyclic) bond motifs is 1. The Morgan fingerprint density at radius 1 is 1.00 bits per heavy atom. The van der Waals surface area contributed by atoms with Gasteiger partial charge in [0, 0.05) is 12.6 Å². The van der Waals surface area contributed by atoms with Gasteiger partial charge in [-0.2, -0.15) is 8.42 Å². The van der Waals surface area contributed by atoms with Gasteiger partial charge in [-0.05, 0) is 51.3 Å². The molecule has 0 fully saturated rings. The zero-order valence-corrected chi connectivity index (χ0v) is 16.3. The Hall–Kier alpha value is -1.97. The first-order valence-corrected chi connectivity index (χ1v) is 9.34. The van der Waals surface area contributed by atoms with E-state index in [1.807, 2.05) is 19.0 Å². The summed E-state index contributed by atoms with van der Waals surface area (Å²) in [6.45, 7) is 0.633. The number of hydrogen-bond donors (Lipinski definition) is 0. The van der Waals surface area contributed by atoms with Crippen LogP contribution in [0.5, 0.6) is 0 Å². The van der Waals surface area contributed by atoms with E-state index in [-0.39, 0.29) is 36.0 Å². The van der Waals surface area contributed by atoms with Crippen LogP contribution in [0.3, 0.4) is 0 Å². The largest absolute Gasteiger partial charge is 0.331 e. The summed E-state index contributed by atoms with van der Waals surface area (Å²) in [6, 6.07) is 6.48. The molecule has 0 amide bonds. The van der Waals surface area contributed by atoms with Gasteiger partial charge in [-0.15, -0.1) is 12.4 Å². The second-order valence-corrected chi connectivity index (χ2v) is 7.91. The molecule has 2 aromatic rings. The molecule has 0 aromatic heterocycles. The second-order valence-electron chi connectivity index (χ2n) is 6.20. The lowest BCUT2D eigenvalue weighted by molar-refractivity contribution is 0.403.